The Hall–Kier alpha value is -0.266. The van der Waals surface area contributed by atoms with Crippen molar-refractivity contribution >= 4 is 16.6 Å². The van der Waals surface area contributed by atoms with Crippen LogP contribution in [0.15, 0.2) is 11.5 Å². The molecule has 0 saturated heterocycles. The molecular formula is C15H33NO2Si2. The first-order chi connectivity index (χ1) is 9.02. The molecule has 5 heteroatoms. The first-order valence-corrected chi connectivity index (χ1v) is 14.7. The maximum absolute atomic E-state index is 6.41. The minimum absolute atomic E-state index is 0.426. The van der Waals surface area contributed by atoms with Crippen molar-refractivity contribution in [1.29, 1.82) is 0 Å². The third-order valence-electron chi connectivity index (χ3n) is 3.20. The van der Waals surface area contributed by atoms with E-state index in [2.05, 4.69) is 58.0 Å². The quantitative estimate of drug-likeness (QED) is 0.707. The summed E-state index contributed by atoms with van der Waals surface area (Å²) in [6.07, 6.45) is 0.988. The van der Waals surface area contributed by atoms with E-state index in [0.29, 0.717) is 5.92 Å². The van der Waals surface area contributed by atoms with Gasteiger partial charge >= 0.3 is 0 Å². The minimum Gasteiger partial charge on any atom is -0.545 e. The third kappa shape index (κ3) is 6.01. The molecule has 1 rings (SSSR count). The fourth-order valence-electron chi connectivity index (χ4n) is 2.46. The van der Waals surface area contributed by atoms with E-state index in [4.69, 9.17) is 8.85 Å². The molecule has 0 N–H and O–H groups in total. The maximum Gasteiger partial charge on any atom is 0.241 e. The molecule has 0 radical (unpaired) electrons. The molecule has 1 atom stereocenters. The molecule has 118 valence electrons. The van der Waals surface area contributed by atoms with Gasteiger partial charge in [0.1, 0.15) is 11.5 Å². The summed E-state index contributed by atoms with van der Waals surface area (Å²) in [7, 11) is -3.19. The van der Waals surface area contributed by atoms with E-state index in [0.717, 1.165) is 37.6 Å². The van der Waals surface area contributed by atoms with Crippen LogP contribution < -0.4 is 0 Å². The van der Waals surface area contributed by atoms with Crippen molar-refractivity contribution in [3.63, 3.8) is 0 Å². The molecule has 20 heavy (non-hydrogen) atoms. The Morgan fingerprint density at radius 1 is 1.05 bits per heavy atom. The van der Waals surface area contributed by atoms with Crippen LogP contribution in [0.5, 0.6) is 0 Å². The maximum atomic E-state index is 6.41. The molecule has 0 spiro atoms. The van der Waals surface area contributed by atoms with Crippen molar-refractivity contribution < 1.29 is 8.85 Å². The van der Waals surface area contributed by atoms with E-state index in [9.17, 15) is 0 Å². The van der Waals surface area contributed by atoms with Crippen molar-refractivity contribution in [2.45, 2.75) is 59.6 Å². The van der Waals surface area contributed by atoms with Gasteiger partial charge in [0.15, 0.2) is 0 Å². The molecule has 0 amide bonds. The normalized spacial score (nSPS) is 22.7. The van der Waals surface area contributed by atoms with Crippen molar-refractivity contribution in [3.05, 3.63) is 11.5 Å². The second kappa shape index (κ2) is 6.66. The summed E-state index contributed by atoms with van der Waals surface area (Å²) in [4.78, 5) is 2.50. The third-order valence-corrected chi connectivity index (χ3v) is 4.89. The summed E-state index contributed by atoms with van der Waals surface area (Å²) in [5.41, 5.74) is 0. The average Bonchev–Trinajstić information content (AvgIpc) is 2.38. The first kappa shape index (κ1) is 17.8. The van der Waals surface area contributed by atoms with Crippen LogP contribution in [0.25, 0.3) is 0 Å². The van der Waals surface area contributed by atoms with E-state index in [-0.39, 0.29) is 0 Å². The van der Waals surface area contributed by atoms with Crippen molar-refractivity contribution in [2.24, 2.45) is 5.92 Å². The van der Waals surface area contributed by atoms with Crippen LogP contribution in [0.1, 0.15) is 20.3 Å². The Morgan fingerprint density at radius 2 is 1.60 bits per heavy atom. The zero-order chi connectivity index (χ0) is 15.6. The molecule has 0 unspecified atom stereocenters. The molecule has 0 aromatic heterocycles. The highest BCUT2D eigenvalue weighted by atomic mass is 28.4. The topological polar surface area (TPSA) is 21.7 Å². The van der Waals surface area contributed by atoms with Gasteiger partial charge in [0.05, 0.1) is 0 Å². The van der Waals surface area contributed by atoms with Gasteiger partial charge in [0, 0.05) is 25.4 Å². The summed E-state index contributed by atoms with van der Waals surface area (Å²) in [5.74, 6) is 2.70. The highest BCUT2D eigenvalue weighted by Gasteiger charge is 2.30. The Bertz CT molecular complexity index is 356. The smallest absolute Gasteiger partial charge is 0.241 e. The lowest BCUT2D eigenvalue weighted by molar-refractivity contribution is 0.249. The Kier molecular flexibility index (Phi) is 5.93. The van der Waals surface area contributed by atoms with Crippen LogP contribution in [-0.4, -0.2) is 41.2 Å². The van der Waals surface area contributed by atoms with Gasteiger partial charge in [-0.05, 0) is 45.8 Å². The number of hydrogen-bond donors (Lipinski definition) is 0. The van der Waals surface area contributed by atoms with Crippen LogP contribution in [0.2, 0.25) is 39.3 Å². The standard InChI is InChI=1S/C15H33NO2Si2/c1-9-16-11-10-14(17-19(3,4)5)15(13(2)12-16)18-20(6,7)8/h13H,9-12H2,1-8H3/t13-/m0/s1. The molecule has 1 aliphatic heterocycles. The number of hydrogen-bond acceptors (Lipinski definition) is 3. The van der Waals surface area contributed by atoms with Crippen LogP contribution in [0.3, 0.4) is 0 Å². The Labute approximate surface area is 127 Å². The second-order valence-electron chi connectivity index (χ2n) is 7.76. The van der Waals surface area contributed by atoms with Gasteiger partial charge in [-0.2, -0.15) is 0 Å². The van der Waals surface area contributed by atoms with Crippen molar-refractivity contribution in [2.75, 3.05) is 19.6 Å². The monoisotopic (exact) mass is 315 g/mol. The molecular weight excluding hydrogens is 282 g/mol. The lowest BCUT2D eigenvalue weighted by Gasteiger charge is -2.30. The average molecular weight is 316 g/mol. The van der Waals surface area contributed by atoms with Gasteiger partial charge < -0.3 is 13.8 Å². The molecule has 0 saturated carbocycles. The molecule has 0 aliphatic carbocycles. The highest BCUT2D eigenvalue weighted by molar-refractivity contribution is 6.70. The van der Waals surface area contributed by atoms with Crippen LogP contribution >= 0.6 is 0 Å². The minimum atomic E-state index is -1.60. The highest BCUT2D eigenvalue weighted by Crippen LogP contribution is 2.30. The molecule has 0 bridgehead atoms. The molecule has 3 nitrogen and oxygen atoms in total. The van der Waals surface area contributed by atoms with Gasteiger partial charge in [-0.25, -0.2) is 0 Å². The predicted molar refractivity (Wildman–Crippen MR) is 91.8 cm³/mol. The van der Waals surface area contributed by atoms with Gasteiger partial charge in [0.2, 0.25) is 16.6 Å². The zero-order valence-electron chi connectivity index (χ0n) is 14.7. The largest absolute Gasteiger partial charge is 0.545 e. The Morgan fingerprint density at radius 3 is 2.05 bits per heavy atom. The molecule has 0 fully saturated rings. The summed E-state index contributed by atoms with van der Waals surface area (Å²) in [5, 5.41) is 0. The molecule has 1 aliphatic rings. The van der Waals surface area contributed by atoms with E-state index in [1.54, 1.807) is 0 Å². The van der Waals surface area contributed by atoms with Gasteiger partial charge in [0.25, 0.3) is 0 Å². The van der Waals surface area contributed by atoms with E-state index in [1.807, 2.05) is 0 Å². The summed E-state index contributed by atoms with van der Waals surface area (Å²) >= 11 is 0. The van der Waals surface area contributed by atoms with E-state index < -0.39 is 16.6 Å². The first-order valence-electron chi connectivity index (χ1n) is 7.85. The van der Waals surface area contributed by atoms with Crippen LogP contribution in [-0.2, 0) is 8.85 Å². The van der Waals surface area contributed by atoms with E-state index >= 15 is 0 Å². The summed E-state index contributed by atoms with van der Waals surface area (Å²) < 4.78 is 12.8. The van der Waals surface area contributed by atoms with Gasteiger partial charge in [-0.1, -0.05) is 13.8 Å². The SMILES string of the molecule is CCN1CCC(O[Si](C)(C)C)=C(O[Si](C)(C)C)[C@@H](C)C1. The van der Waals surface area contributed by atoms with Gasteiger partial charge in [-0.15, -0.1) is 0 Å². The Balaban J connectivity index is 3.04. The van der Waals surface area contributed by atoms with Crippen LogP contribution in [0, 0.1) is 5.92 Å². The summed E-state index contributed by atoms with van der Waals surface area (Å²) in [6.45, 7) is 21.3. The van der Waals surface area contributed by atoms with Crippen molar-refractivity contribution in [1.82, 2.24) is 4.90 Å². The van der Waals surface area contributed by atoms with Crippen molar-refractivity contribution in [3.8, 4) is 0 Å². The fraction of sp³-hybridized carbons (Fsp3) is 0.867. The lowest BCUT2D eigenvalue weighted by atomic mass is 10.1. The second-order valence-corrected chi connectivity index (χ2v) is 16.6. The van der Waals surface area contributed by atoms with E-state index in [1.165, 1.54) is 0 Å². The summed E-state index contributed by atoms with van der Waals surface area (Å²) in [6, 6.07) is 0. The lowest BCUT2D eigenvalue weighted by Crippen LogP contribution is -2.32. The molecule has 0 aromatic carbocycles. The van der Waals surface area contributed by atoms with Crippen LogP contribution in [0.4, 0.5) is 0 Å². The van der Waals surface area contributed by atoms with Gasteiger partial charge in [-0.3, -0.25) is 0 Å². The fourth-order valence-corrected chi connectivity index (χ4v) is 4.38. The number of nitrogens with zero attached hydrogens (tertiary/aromatic N) is 1. The number of rotatable bonds is 5. The molecule has 0 aromatic rings. The predicted octanol–water partition coefficient (Wildman–Crippen LogP) is 4.26. The molecule has 1 heterocycles. The zero-order valence-corrected chi connectivity index (χ0v) is 16.7.